The van der Waals surface area contributed by atoms with Crippen LogP contribution in [0.25, 0.3) is 0 Å². The fraction of sp³-hybridized carbons (Fsp3) is 0.500. The Hall–Kier alpha value is -1.59. The normalized spacial score (nSPS) is 19.5. The minimum absolute atomic E-state index is 0.0287. The van der Waals surface area contributed by atoms with Crippen LogP contribution in [0.5, 0.6) is 11.5 Å². The van der Waals surface area contributed by atoms with Crippen molar-refractivity contribution in [2.24, 2.45) is 5.92 Å². The van der Waals surface area contributed by atoms with Crippen LogP contribution in [0.3, 0.4) is 0 Å². The molecule has 4 rings (SSSR count). The zero-order valence-corrected chi connectivity index (χ0v) is 15.8. The van der Waals surface area contributed by atoms with E-state index in [0.717, 1.165) is 31.5 Å². The number of aromatic hydroxyl groups is 1. The summed E-state index contributed by atoms with van der Waals surface area (Å²) in [4.78, 5) is 5.28. The van der Waals surface area contributed by atoms with Crippen molar-refractivity contribution in [3.8, 4) is 11.5 Å². The van der Waals surface area contributed by atoms with E-state index in [1.54, 1.807) is 6.07 Å². The third-order valence-electron chi connectivity index (χ3n) is 5.30. The summed E-state index contributed by atoms with van der Waals surface area (Å²) >= 11 is 1.90. The summed E-state index contributed by atoms with van der Waals surface area (Å²) in [7, 11) is 1.40. The Kier molecular flexibility index (Phi) is 4.24. The minimum atomic E-state index is -0.394. The van der Waals surface area contributed by atoms with E-state index in [4.69, 9.17) is 4.74 Å². The number of hydrogen-bond acceptors (Lipinski definition) is 4. The highest BCUT2D eigenvalue weighted by molar-refractivity contribution is 7.12. The van der Waals surface area contributed by atoms with Crippen molar-refractivity contribution >= 4 is 11.3 Å². The minimum Gasteiger partial charge on any atom is -0.504 e. The number of phenols is 1. The molecule has 3 heterocycles. The molecular weight excluding hydrogens is 337 g/mol. The van der Waals surface area contributed by atoms with Gasteiger partial charge in [0.2, 0.25) is 0 Å². The van der Waals surface area contributed by atoms with Crippen LogP contribution in [0.4, 0.5) is 4.39 Å². The van der Waals surface area contributed by atoms with Gasteiger partial charge in [-0.3, -0.25) is 4.90 Å². The molecule has 3 nitrogen and oxygen atoms in total. The van der Waals surface area contributed by atoms with Gasteiger partial charge in [-0.1, -0.05) is 13.8 Å². The van der Waals surface area contributed by atoms with Gasteiger partial charge < -0.3 is 9.84 Å². The third-order valence-corrected chi connectivity index (χ3v) is 6.52. The Labute approximate surface area is 152 Å². The number of phenolic OH excluding ortho intramolecular Hbond substituents is 1. The fourth-order valence-corrected chi connectivity index (χ4v) is 5.62. The van der Waals surface area contributed by atoms with E-state index in [2.05, 4.69) is 24.8 Å². The first-order chi connectivity index (χ1) is 12.0. The topological polar surface area (TPSA) is 32.7 Å². The highest BCUT2D eigenvalue weighted by Crippen LogP contribution is 2.45. The molecule has 0 amide bonds. The Balaban J connectivity index is 1.71. The second kappa shape index (κ2) is 6.29. The Bertz CT molecular complexity index is 815. The number of thiophene rings is 1. The lowest BCUT2D eigenvalue weighted by Crippen LogP contribution is -2.39. The average molecular weight is 361 g/mol. The van der Waals surface area contributed by atoms with Gasteiger partial charge in [0.15, 0.2) is 17.3 Å². The maximum Gasteiger partial charge on any atom is 0.196 e. The van der Waals surface area contributed by atoms with Crippen LogP contribution in [-0.2, 0) is 25.8 Å². The summed E-state index contributed by atoms with van der Waals surface area (Å²) in [5.74, 6) is 0.133. The summed E-state index contributed by atoms with van der Waals surface area (Å²) in [6.45, 7) is 6.26. The largest absolute Gasteiger partial charge is 0.504 e. The van der Waals surface area contributed by atoms with Crippen molar-refractivity contribution in [2.75, 3.05) is 13.7 Å². The van der Waals surface area contributed by atoms with Gasteiger partial charge in [0.05, 0.1) is 7.11 Å². The van der Waals surface area contributed by atoms with Crippen LogP contribution in [0, 0.1) is 11.7 Å². The average Bonchev–Trinajstić information content (AvgIpc) is 2.93. The fourth-order valence-electron chi connectivity index (χ4n) is 4.19. The maximum absolute atomic E-state index is 14.7. The lowest BCUT2D eigenvalue weighted by Gasteiger charge is -2.40. The van der Waals surface area contributed by atoms with Gasteiger partial charge >= 0.3 is 0 Å². The van der Waals surface area contributed by atoms with Crippen LogP contribution in [-0.4, -0.2) is 23.7 Å². The first-order valence-corrected chi connectivity index (χ1v) is 9.72. The molecule has 0 unspecified atom stereocenters. The summed E-state index contributed by atoms with van der Waals surface area (Å²) in [6, 6.07) is 4.22. The Morgan fingerprint density at radius 2 is 2.20 bits per heavy atom. The predicted octanol–water partition coefficient (Wildman–Crippen LogP) is 4.46. The molecule has 5 heteroatoms. The molecule has 1 N–H and O–H groups in total. The molecule has 134 valence electrons. The molecule has 1 aromatic carbocycles. The van der Waals surface area contributed by atoms with Crippen molar-refractivity contribution in [3.05, 3.63) is 44.4 Å². The molecule has 0 bridgehead atoms. The van der Waals surface area contributed by atoms with Gasteiger partial charge in [-0.15, -0.1) is 11.3 Å². The third kappa shape index (κ3) is 2.83. The molecule has 0 saturated heterocycles. The molecule has 0 saturated carbocycles. The quantitative estimate of drug-likeness (QED) is 0.876. The number of nitrogens with zero attached hydrogens (tertiary/aromatic N) is 1. The van der Waals surface area contributed by atoms with Crippen LogP contribution < -0.4 is 4.74 Å². The van der Waals surface area contributed by atoms with E-state index in [-0.39, 0.29) is 17.5 Å². The molecule has 0 aliphatic carbocycles. The van der Waals surface area contributed by atoms with Crippen molar-refractivity contribution < 1.29 is 14.2 Å². The summed E-state index contributed by atoms with van der Waals surface area (Å²) in [6.07, 6.45) is 2.68. The van der Waals surface area contributed by atoms with Gasteiger partial charge in [-0.25, -0.2) is 4.39 Å². The standard InChI is InChI=1S/C20H24FNO2S/c1-11(2)6-13-7-12-10-22-5-4-14-15(16(22)9-18(12)25-13)8-17(23)20(24-3)19(14)21/h7-8,11,16,23H,4-6,9-10H2,1-3H3/t16-/m0/s1. The highest BCUT2D eigenvalue weighted by atomic mass is 32.1. The monoisotopic (exact) mass is 361 g/mol. The summed E-state index contributed by atoms with van der Waals surface area (Å²) < 4.78 is 19.8. The van der Waals surface area contributed by atoms with Gasteiger partial charge in [0, 0.05) is 35.3 Å². The molecule has 2 aromatic rings. The molecule has 2 aliphatic rings. The Morgan fingerprint density at radius 3 is 2.92 bits per heavy atom. The molecule has 0 spiro atoms. The van der Waals surface area contributed by atoms with Gasteiger partial charge in [0.1, 0.15) is 0 Å². The zero-order chi connectivity index (χ0) is 17.7. The number of benzene rings is 1. The molecule has 1 atom stereocenters. The van der Waals surface area contributed by atoms with E-state index in [9.17, 15) is 9.50 Å². The second-order valence-corrected chi connectivity index (χ2v) is 8.73. The van der Waals surface area contributed by atoms with Gasteiger partial charge in [-0.05, 0) is 47.6 Å². The van der Waals surface area contributed by atoms with Crippen molar-refractivity contribution in [1.82, 2.24) is 4.90 Å². The number of ether oxygens (including phenoxy) is 1. The van der Waals surface area contributed by atoms with Crippen molar-refractivity contribution in [2.45, 2.75) is 45.7 Å². The van der Waals surface area contributed by atoms with Crippen LogP contribution in [0.1, 0.15) is 46.3 Å². The second-order valence-electron chi connectivity index (χ2n) is 7.51. The lowest BCUT2D eigenvalue weighted by atomic mass is 9.86. The Morgan fingerprint density at radius 1 is 1.40 bits per heavy atom. The first kappa shape index (κ1) is 16.9. The van der Waals surface area contributed by atoms with E-state index >= 15 is 0 Å². The summed E-state index contributed by atoms with van der Waals surface area (Å²) in [5.41, 5.74) is 3.06. The van der Waals surface area contributed by atoms with Crippen molar-refractivity contribution in [1.29, 1.82) is 0 Å². The van der Waals surface area contributed by atoms with Crippen LogP contribution in [0.15, 0.2) is 12.1 Å². The van der Waals surface area contributed by atoms with E-state index in [1.807, 2.05) is 11.3 Å². The van der Waals surface area contributed by atoms with Crippen LogP contribution >= 0.6 is 11.3 Å². The molecule has 1 aromatic heterocycles. The SMILES string of the molecule is COc1c(O)cc2c(c1F)CCN1Cc3cc(CC(C)C)sc3C[C@@H]21. The van der Waals surface area contributed by atoms with E-state index < -0.39 is 5.82 Å². The smallest absolute Gasteiger partial charge is 0.196 e. The van der Waals surface area contributed by atoms with Crippen molar-refractivity contribution in [3.63, 3.8) is 0 Å². The highest BCUT2D eigenvalue weighted by Gasteiger charge is 2.36. The van der Waals surface area contributed by atoms with E-state index in [1.165, 1.54) is 22.4 Å². The molecule has 0 fully saturated rings. The molecule has 25 heavy (non-hydrogen) atoms. The summed E-state index contributed by atoms with van der Waals surface area (Å²) in [5, 5.41) is 10.2. The maximum atomic E-state index is 14.7. The number of hydrogen-bond donors (Lipinski definition) is 1. The first-order valence-electron chi connectivity index (χ1n) is 8.90. The molecule has 2 aliphatic heterocycles. The number of halogens is 1. The number of rotatable bonds is 3. The zero-order valence-electron chi connectivity index (χ0n) is 14.9. The number of methoxy groups -OCH3 is 1. The van der Waals surface area contributed by atoms with Gasteiger partial charge in [-0.2, -0.15) is 0 Å². The van der Waals surface area contributed by atoms with Gasteiger partial charge in [0.25, 0.3) is 0 Å². The lowest BCUT2D eigenvalue weighted by molar-refractivity contribution is 0.160. The van der Waals surface area contributed by atoms with E-state index in [0.29, 0.717) is 17.9 Å². The van der Waals surface area contributed by atoms with Crippen LogP contribution in [0.2, 0.25) is 0 Å². The predicted molar refractivity (Wildman–Crippen MR) is 98.0 cm³/mol. The molecule has 0 radical (unpaired) electrons. The molecular formula is C20H24FNO2S. The number of fused-ring (bicyclic) bond motifs is 4.